The Labute approximate surface area is 87.5 Å². The van der Waals surface area contributed by atoms with Crippen LogP contribution in [-0.2, 0) is 14.4 Å². The maximum atomic E-state index is 11.2. The SMILES string of the molecule is [CH2]CC(=O)N(C)C(CCC(=O)O)C(=O)O. The van der Waals surface area contributed by atoms with E-state index in [9.17, 15) is 14.4 Å². The van der Waals surface area contributed by atoms with Crippen LogP contribution in [0.1, 0.15) is 19.3 Å². The van der Waals surface area contributed by atoms with Gasteiger partial charge in [0, 0.05) is 19.9 Å². The van der Waals surface area contributed by atoms with Crippen molar-refractivity contribution in [2.24, 2.45) is 0 Å². The number of carbonyl (C=O) groups is 3. The summed E-state index contributed by atoms with van der Waals surface area (Å²) >= 11 is 0. The fourth-order valence-corrected chi connectivity index (χ4v) is 1.09. The van der Waals surface area contributed by atoms with Crippen LogP contribution in [0.4, 0.5) is 0 Å². The van der Waals surface area contributed by atoms with Crippen LogP contribution >= 0.6 is 0 Å². The molecule has 15 heavy (non-hydrogen) atoms. The number of carboxylic acids is 2. The van der Waals surface area contributed by atoms with E-state index in [0.717, 1.165) is 4.90 Å². The van der Waals surface area contributed by atoms with E-state index in [1.54, 1.807) is 0 Å². The van der Waals surface area contributed by atoms with Crippen LogP contribution < -0.4 is 0 Å². The first-order chi connectivity index (χ1) is 6.90. The standard InChI is InChI=1S/C9H14NO5/c1-3-7(11)10(2)6(9(14)15)4-5-8(12)13/h6H,1,3-5H2,2H3,(H,12,13)(H,14,15). The topological polar surface area (TPSA) is 94.9 Å². The van der Waals surface area contributed by atoms with E-state index in [2.05, 4.69) is 6.92 Å². The van der Waals surface area contributed by atoms with Gasteiger partial charge in [-0.25, -0.2) is 4.79 Å². The Hall–Kier alpha value is -1.59. The Balaban J connectivity index is 4.45. The van der Waals surface area contributed by atoms with Crippen molar-refractivity contribution in [2.75, 3.05) is 7.05 Å². The number of rotatable bonds is 6. The van der Waals surface area contributed by atoms with Crippen LogP contribution in [0, 0.1) is 6.92 Å². The number of aliphatic carboxylic acids is 2. The molecule has 0 saturated carbocycles. The van der Waals surface area contributed by atoms with Gasteiger partial charge >= 0.3 is 11.9 Å². The Morgan fingerprint density at radius 1 is 1.33 bits per heavy atom. The van der Waals surface area contributed by atoms with Crippen LogP contribution in [0.15, 0.2) is 0 Å². The van der Waals surface area contributed by atoms with Gasteiger partial charge in [-0.15, -0.1) is 0 Å². The second kappa shape index (κ2) is 6.00. The lowest BCUT2D eigenvalue weighted by molar-refractivity contribution is -0.149. The summed E-state index contributed by atoms with van der Waals surface area (Å²) in [7, 11) is 1.33. The maximum absolute atomic E-state index is 11.2. The third kappa shape index (κ3) is 4.44. The number of likely N-dealkylation sites (N-methyl/N-ethyl adjacent to an activating group) is 1. The van der Waals surface area contributed by atoms with Crippen molar-refractivity contribution in [1.82, 2.24) is 4.90 Å². The lowest BCUT2D eigenvalue weighted by atomic mass is 10.1. The zero-order valence-electron chi connectivity index (χ0n) is 8.47. The Morgan fingerprint density at radius 2 is 1.87 bits per heavy atom. The second-order valence-electron chi connectivity index (χ2n) is 3.04. The highest BCUT2D eigenvalue weighted by molar-refractivity contribution is 5.84. The summed E-state index contributed by atoms with van der Waals surface area (Å²) in [5.74, 6) is -2.72. The molecule has 0 spiro atoms. The third-order valence-electron chi connectivity index (χ3n) is 1.99. The van der Waals surface area contributed by atoms with Crippen molar-refractivity contribution in [3.63, 3.8) is 0 Å². The van der Waals surface area contributed by atoms with E-state index in [1.165, 1.54) is 7.05 Å². The molecule has 0 saturated heterocycles. The van der Waals surface area contributed by atoms with Crippen LogP contribution in [-0.4, -0.2) is 46.0 Å². The first kappa shape index (κ1) is 13.4. The predicted octanol–water partition coefficient (Wildman–Crippen LogP) is -0.0130. The van der Waals surface area contributed by atoms with E-state index in [1.807, 2.05) is 0 Å². The van der Waals surface area contributed by atoms with Gasteiger partial charge in [-0.3, -0.25) is 9.59 Å². The smallest absolute Gasteiger partial charge is 0.326 e. The molecular weight excluding hydrogens is 202 g/mol. The van der Waals surface area contributed by atoms with Gasteiger partial charge in [0.05, 0.1) is 0 Å². The number of hydrogen-bond acceptors (Lipinski definition) is 3. The first-order valence-corrected chi connectivity index (χ1v) is 4.39. The summed E-state index contributed by atoms with van der Waals surface area (Å²) in [5.41, 5.74) is 0. The fourth-order valence-electron chi connectivity index (χ4n) is 1.09. The van der Waals surface area contributed by atoms with Gasteiger partial charge in [-0.05, 0) is 13.3 Å². The van der Waals surface area contributed by atoms with Gasteiger partial charge in [-0.1, -0.05) is 0 Å². The number of amides is 1. The van der Waals surface area contributed by atoms with Crippen molar-refractivity contribution >= 4 is 17.8 Å². The fraction of sp³-hybridized carbons (Fsp3) is 0.556. The summed E-state index contributed by atoms with van der Waals surface area (Å²) in [6.07, 6.45) is -0.439. The van der Waals surface area contributed by atoms with Gasteiger partial charge in [0.15, 0.2) is 0 Å². The Bertz CT molecular complexity index is 263. The normalized spacial score (nSPS) is 11.9. The van der Waals surface area contributed by atoms with E-state index < -0.39 is 23.9 Å². The number of nitrogens with zero attached hydrogens (tertiary/aromatic N) is 1. The molecule has 0 aromatic carbocycles. The number of carboxylic acid groups (broad SMARTS) is 2. The quantitative estimate of drug-likeness (QED) is 0.651. The molecule has 0 rings (SSSR count). The van der Waals surface area contributed by atoms with Crippen molar-refractivity contribution in [1.29, 1.82) is 0 Å². The summed E-state index contributed by atoms with van der Waals surface area (Å²) < 4.78 is 0. The highest BCUT2D eigenvalue weighted by Gasteiger charge is 2.25. The highest BCUT2D eigenvalue weighted by atomic mass is 16.4. The summed E-state index contributed by atoms with van der Waals surface area (Å²) in [6.45, 7) is 3.34. The third-order valence-corrected chi connectivity index (χ3v) is 1.99. The lowest BCUT2D eigenvalue weighted by Crippen LogP contribution is -2.42. The molecule has 1 amide bonds. The molecule has 1 radical (unpaired) electrons. The molecule has 1 atom stereocenters. The van der Waals surface area contributed by atoms with E-state index >= 15 is 0 Å². The van der Waals surface area contributed by atoms with Crippen LogP contribution in [0.3, 0.4) is 0 Å². The molecule has 6 nitrogen and oxygen atoms in total. The summed E-state index contributed by atoms with van der Waals surface area (Å²) in [5, 5.41) is 17.2. The van der Waals surface area contributed by atoms with Crippen molar-refractivity contribution in [3.05, 3.63) is 6.92 Å². The zero-order chi connectivity index (χ0) is 12.0. The van der Waals surface area contributed by atoms with E-state index in [4.69, 9.17) is 10.2 Å². The Morgan fingerprint density at radius 3 is 2.20 bits per heavy atom. The van der Waals surface area contributed by atoms with E-state index in [0.29, 0.717) is 0 Å². The number of hydrogen-bond donors (Lipinski definition) is 2. The molecule has 0 bridgehead atoms. The predicted molar refractivity (Wildman–Crippen MR) is 51.0 cm³/mol. The maximum Gasteiger partial charge on any atom is 0.326 e. The van der Waals surface area contributed by atoms with E-state index in [-0.39, 0.29) is 19.3 Å². The molecule has 0 aliphatic carbocycles. The van der Waals surface area contributed by atoms with Gasteiger partial charge in [0.25, 0.3) is 0 Å². The molecule has 0 aliphatic rings. The van der Waals surface area contributed by atoms with Gasteiger partial charge < -0.3 is 15.1 Å². The molecule has 0 aromatic rings. The highest BCUT2D eigenvalue weighted by Crippen LogP contribution is 2.07. The molecule has 2 N–H and O–H groups in total. The van der Waals surface area contributed by atoms with Gasteiger partial charge in [0.2, 0.25) is 5.91 Å². The molecule has 0 heterocycles. The van der Waals surface area contributed by atoms with Crippen LogP contribution in [0.25, 0.3) is 0 Å². The average Bonchev–Trinajstić information content (AvgIpc) is 2.15. The summed E-state index contributed by atoms with van der Waals surface area (Å²) in [4.78, 5) is 33.2. The Kier molecular flexibility index (Phi) is 5.36. The largest absolute Gasteiger partial charge is 0.481 e. The van der Waals surface area contributed by atoms with Gasteiger partial charge in [-0.2, -0.15) is 0 Å². The molecule has 1 unspecified atom stereocenters. The molecule has 6 heteroatoms. The minimum Gasteiger partial charge on any atom is -0.481 e. The van der Waals surface area contributed by atoms with Crippen molar-refractivity contribution in [2.45, 2.75) is 25.3 Å². The zero-order valence-corrected chi connectivity index (χ0v) is 8.47. The molecule has 0 aromatic heterocycles. The molecule has 0 fully saturated rings. The lowest BCUT2D eigenvalue weighted by Gasteiger charge is -2.23. The number of carbonyl (C=O) groups excluding carboxylic acids is 1. The summed E-state index contributed by atoms with van der Waals surface area (Å²) in [6, 6.07) is -1.10. The van der Waals surface area contributed by atoms with Crippen molar-refractivity contribution in [3.8, 4) is 0 Å². The first-order valence-electron chi connectivity index (χ1n) is 4.39. The molecule has 85 valence electrons. The monoisotopic (exact) mass is 216 g/mol. The average molecular weight is 216 g/mol. The minimum absolute atomic E-state index is 0.0483. The molecular formula is C9H14NO5. The van der Waals surface area contributed by atoms with Crippen molar-refractivity contribution < 1.29 is 24.6 Å². The van der Waals surface area contributed by atoms with Crippen LogP contribution in [0.2, 0.25) is 0 Å². The second-order valence-corrected chi connectivity index (χ2v) is 3.04. The van der Waals surface area contributed by atoms with Gasteiger partial charge in [0.1, 0.15) is 6.04 Å². The van der Waals surface area contributed by atoms with Crippen LogP contribution in [0.5, 0.6) is 0 Å². The molecule has 0 aliphatic heterocycles. The minimum atomic E-state index is -1.21.